The number of benzene rings is 2. The third-order valence-corrected chi connectivity index (χ3v) is 3.63. The van der Waals surface area contributed by atoms with E-state index in [9.17, 15) is 9.59 Å². The van der Waals surface area contributed by atoms with E-state index in [4.69, 9.17) is 14.2 Å². The molecule has 1 N–H and O–H groups in total. The summed E-state index contributed by atoms with van der Waals surface area (Å²) in [5.41, 5.74) is 1.75. The fraction of sp³-hybridized carbons (Fsp3) is 0.300. The van der Waals surface area contributed by atoms with E-state index in [-0.39, 0.29) is 18.9 Å². The quantitative estimate of drug-likeness (QED) is 0.734. The number of carbonyl (C=O) groups is 2. The lowest BCUT2D eigenvalue weighted by atomic mass is 10.2. The second-order valence-electron chi connectivity index (χ2n) is 5.74. The molecule has 2 aromatic carbocycles. The maximum absolute atomic E-state index is 12.1. The molecule has 0 spiro atoms. The zero-order valence-electron chi connectivity index (χ0n) is 15.2. The van der Waals surface area contributed by atoms with Gasteiger partial charge in [0.15, 0.2) is 17.6 Å². The molecule has 6 heteroatoms. The van der Waals surface area contributed by atoms with Crippen LogP contribution in [0.1, 0.15) is 18.9 Å². The van der Waals surface area contributed by atoms with Gasteiger partial charge in [-0.1, -0.05) is 29.8 Å². The van der Waals surface area contributed by atoms with Gasteiger partial charge in [-0.15, -0.1) is 0 Å². The summed E-state index contributed by atoms with van der Waals surface area (Å²) in [6.07, 6.45) is -0.865. The molecule has 138 valence electrons. The first-order chi connectivity index (χ1) is 12.5. The van der Waals surface area contributed by atoms with E-state index in [1.165, 1.54) is 6.92 Å². The molecule has 0 saturated heterocycles. The predicted octanol–water partition coefficient (Wildman–Crippen LogP) is 3.34. The number of nitrogens with one attached hydrogen (secondary N) is 1. The van der Waals surface area contributed by atoms with Crippen molar-refractivity contribution in [1.29, 1.82) is 0 Å². The first-order valence-corrected chi connectivity index (χ1v) is 8.32. The Labute approximate surface area is 153 Å². The number of hydrogen-bond donors (Lipinski definition) is 1. The minimum Gasteiger partial charge on any atom is -0.493 e. The topological polar surface area (TPSA) is 73.9 Å². The lowest BCUT2D eigenvalue weighted by Gasteiger charge is -2.14. The van der Waals surface area contributed by atoms with E-state index in [1.54, 1.807) is 31.4 Å². The Hall–Kier alpha value is -3.02. The molecule has 2 rings (SSSR count). The fourth-order valence-electron chi connectivity index (χ4n) is 2.17. The Kier molecular flexibility index (Phi) is 7.02. The lowest BCUT2D eigenvalue weighted by molar-refractivity contribution is -0.153. The van der Waals surface area contributed by atoms with Crippen LogP contribution in [0.4, 0.5) is 5.69 Å². The molecule has 0 aliphatic carbocycles. The molecule has 1 atom stereocenters. The molecule has 0 saturated carbocycles. The molecule has 2 aromatic rings. The number of methoxy groups -OCH3 is 1. The molecule has 0 fully saturated rings. The van der Waals surface area contributed by atoms with E-state index in [2.05, 4.69) is 5.32 Å². The zero-order valence-corrected chi connectivity index (χ0v) is 15.2. The first kappa shape index (κ1) is 19.3. The number of rotatable bonds is 8. The first-order valence-electron chi connectivity index (χ1n) is 8.32. The van der Waals surface area contributed by atoms with Crippen molar-refractivity contribution < 1.29 is 23.8 Å². The maximum atomic E-state index is 12.1. The molecular weight excluding hydrogens is 334 g/mol. The van der Waals surface area contributed by atoms with Crippen LogP contribution in [0, 0.1) is 6.92 Å². The number of para-hydroxylation sites is 2. The van der Waals surface area contributed by atoms with E-state index < -0.39 is 12.1 Å². The molecule has 0 aromatic heterocycles. The Morgan fingerprint density at radius 1 is 1.04 bits per heavy atom. The van der Waals surface area contributed by atoms with Gasteiger partial charge in [0, 0.05) is 5.69 Å². The number of amides is 1. The van der Waals surface area contributed by atoms with Crippen LogP contribution in [0.3, 0.4) is 0 Å². The van der Waals surface area contributed by atoms with E-state index in [0.29, 0.717) is 17.2 Å². The molecule has 1 amide bonds. The Balaban J connectivity index is 1.75. The average Bonchev–Trinajstić information content (AvgIpc) is 2.64. The minimum atomic E-state index is -0.893. The van der Waals surface area contributed by atoms with Crippen molar-refractivity contribution in [3.05, 3.63) is 54.1 Å². The molecule has 26 heavy (non-hydrogen) atoms. The van der Waals surface area contributed by atoms with Crippen molar-refractivity contribution in [2.45, 2.75) is 26.4 Å². The molecular formula is C20H23NO5. The van der Waals surface area contributed by atoms with Crippen molar-refractivity contribution in [2.75, 3.05) is 19.0 Å². The zero-order chi connectivity index (χ0) is 18.9. The highest BCUT2D eigenvalue weighted by Crippen LogP contribution is 2.25. The van der Waals surface area contributed by atoms with Gasteiger partial charge >= 0.3 is 5.97 Å². The van der Waals surface area contributed by atoms with Crippen LogP contribution in [0.15, 0.2) is 48.5 Å². The predicted molar refractivity (Wildman–Crippen MR) is 98.5 cm³/mol. The van der Waals surface area contributed by atoms with E-state index >= 15 is 0 Å². The monoisotopic (exact) mass is 357 g/mol. The van der Waals surface area contributed by atoms with Crippen LogP contribution in [0.2, 0.25) is 0 Å². The van der Waals surface area contributed by atoms with E-state index in [1.807, 2.05) is 31.2 Å². The van der Waals surface area contributed by atoms with Crippen molar-refractivity contribution in [3.63, 3.8) is 0 Å². The van der Waals surface area contributed by atoms with Gasteiger partial charge in [-0.05, 0) is 38.1 Å². The number of aryl methyl sites for hydroxylation is 1. The third-order valence-electron chi connectivity index (χ3n) is 3.63. The Bertz CT molecular complexity index is 742. The fourth-order valence-corrected chi connectivity index (χ4v) is 2.17. The second-order valence-corrected chi connectivity index (χ2v) is 5.74. The standard InChI is InChI=1S/C20H23NO5/c1-14-8-10-16(11-9-14)21-20(23)15(2)26-19(22)12-13-25-18-7-5-4-6-17(18)24-3/h4-11,15H,12-13H2,1-3H3,(H,21,23)/t15-/m0/s1. The van der Waals surface area contributed by atoms with Crippen LogP contribution in [0.5, 0.6) is 11.5 Å². The SMILES string of the molecule is COc1ccccc1OCCC(=O)O[C@@H](C)C(=O)Nc1ccc(C)cc1. The summed E-state index contributed by atoms with van der Waals surface area (Å²) in [5, 5.41) is 2.71. The largest absolute Gasteiger partial charge is 0.493 e. The third kappa shape index (κ3) is 5.81. The highest BCUT2D eigenvalue weighted by molar-refractivity contribution is 5.95. The van der Waals surface area contributed by atoms with Gasteiger partial charge in [0.25, 0.3) is 5.91 Å². The highest BCUT2D eigenvalue weighted by atomic mass is 16.6. The normalized spacial score (nSPS) is 11.3. The maximum Gasteiger partial charge on any atom is 0.310 e. The molecule has 6 nitrogen and oxygen atoms in total. The molecule has 0 heterocycles. The number of ether oxygens (including phenoxy) is 3. The summed E-state index contributed by atoms with van der Waals surface area (Å²) < 4.78 is 15.8. The minimum absolute atomic E-state index is 0.0280. The van der Waals surface area contributed by atoms with Crippen LogP contribution in [0.25, 0.3) is 0 Å². The molecule has 0 bridgehead atoms. The number of carbonyl (C=O) groups excluding carboxylic acids is 2. The summed E-state index contributed by atoms with van der Waals surface area (Å²) in [7, 11) is 1.55. The average molecular weight is 357 g/mol. The van der Waals surface area contributed by atoms with Crippen LogP contribution >= 0.6 is 0 Å². The highest BCUT2D eigenvalue weighted by Gasteiger charge is 2.18. The van der Waals surface area contributed by atoms with Gasteiger partial charge in [0.05, 0.1) is 20.1 Å². The second kappa shape index (κ2) is 9.46. The molecule has 0 aliphatic rings. The van der Waals surface area contributed by atoms with Crippen LogP contribution in [-0.2, 0) is 14.3 Å². The van der Waals surface area contributed by atoms with Crippen LogP contribution < -0.4 is 14.8 Å². The van der Waals surface area contributed by atoms with E-state index in [0.717, 1.165) is 5.56 Å². The molecule has 0 radical (unpaired) electrons. The number of esters is 1. The van der Waals surface area contributed by atoms with Gasteiger partial charge in [0.1, 0.15) is 0 Å². The van der Waals surface area contributed by atoms with Crippen LogP contribution in [-0.4, -0.2) is 31.7 Å². The number of anilines is 1. The van der Waals surface area contributed by atoms with Gasteiger partial charge in [0.2, 0.25) is 0 Å². The summed E-state index contributed by atoms with van der Waals surface area (Å²) in [6.45, 7) is 3.62. The summed E-state index contributed by atoms with van der Waals surface area (Å²) in [5.74, 6) is 0.249. The Morgan fingerprint density at radius 2 is 1.69 bits per heavy atom. The van der Waals surface area contributed by atoms with Gasteiger partial charge in [-0.25, -0.2) is 0 Å². The smallest absolute Gasteiger partial charge is 0.310 e. The lowest BCUT2D eigenvalue weighted by Crippen LogP contribution is -2.30. The molecule has 0 unspecified atom stereocenters. The van der Waals surface area contributed by atoms with Crippen molar-refractivity contribution >= 4 is 17.6 Å². The van der Waals surface area contributed by atoms with Crippen molar-refractivity contribution in [2.24, 2.45) is 0 Å². The number of hydrogen-bond acceptors (Lipinski definition) is 5. The summed E-state index contributed by atoms with van der Waals surface area (Å²) >= 11 is 0. The van der Waals surface area contributed by atoms with Gasteiger partial charge in [-0.2, -0.15) is 0 Å². The Morgan fingerprint density at radius 3 is 2.35 bits per heavy atom. The summed E-state index contributed by atoms with van der Waals surface area (Å²) in [4.78, 5) is 24.0. The molecule has 0 aliphatic heterocycles. The van der Waals surface area contributed by atoms with Gasteiger partial charge in [-0.3, -0.25) is 9.59 Å². The van der Waals surface area contributed by atoms with Crippen molar-refractivity contribution in [1.82, 2.24) is 0 Å². The summed E-state index contributed by atoms with van der Waals surface area (Å²) in [6, 6.07) is 14.5. The van der Waals surface area contributed by atoms with Crippen molar-refractivity contribution in [3.8, 4) is 11.5 Å². The van der Waals surface area contributed by atoms with Gasteiger partial charge < -0.3 is 19.5 Å².